The molecule has 7 nitrogen and oxygen atoms in total. The first-order valence-corrected chi connectivity index (χ1v) is 8.91. The molecule has 2 aromatic carbocycles. The van der Waals surface area contributed by atoms with Gasteiger partial charge in [-0.3, -0.25) is 0 Å². The fraction of sp³-hybridized carbons (Fsp3) is 0.286. The summed E-state index contributed by atoms with van der Waals surface area (Å²) in [7, 11) is 3.16. The summed E-state index contributed by atoms with van der Waals surface area (Å²) in [5.41, 5.74) is 5.14. The van der Waals surface area contributed by atoms with Crippen LogP contribution in [0.5, 0.6) is 23.0 Å². The van der Waals surface area contributed by atoms with E-state index in [4.69, 9.17) is 33.4 Å². The average molecular weight is 381 g/mol. The number of benzene rings is 2. The summed E-state index contributed by atoms with van der Waals surface area (Å²) in [6.45, 7) is 0.519. The summed E-state index contributed by atoms with van der Waals surface area (Å²) >= 11 is 0. The molecule has 1 aliphatic heterocycles. The lowest BCUT2D eigenvalue weighted by Crippen LogP contribution is -2.05. The molecule has 1 aromatic heterocycles. The summed E-state index contributed by atoms with van der Waals surface area (Å²) in [5.74, 6) is 2.70. The van der Waals surface area contributed by atoms with Crippen LogP contribution in [0.3, 0.4) is 0 Å². The van der Waals surface area contributed by atoms with Crippen molar-refractivity contribution in [3.8, 4) is 34.3 Å². The first-order chi connectivity index (χ1) is 13.8. The fourth-order valence-corrected chi connectivity index (χ4v) is 3.62. The molecular formula is C21H19NO6. The van der Waals surface area contributed by atoms with Crippen molar-refractivity contribution in [3.05, 3.63) is 41.5 Å². The van der Waals surface area contributed by atoms with Crippen LogP contribution >= 0.6 is 0 Å². The van der Waals surface area contributed by atoms with Gasteiger partial charge in [-0.05, 0) is 35.4 Å². The second-order valence-corrected chi connectivity index (χ2v) is 6.63. The topological polar surface area (TPSA) is 68.3 Å². The molecule has 0 atom stereocenters. The maximum atomic E-state index is 5.70. The molecular weight excluding hydrogens is 362 g/mol. The molecule has 2 heterocycles. The summed E-state index contributed by atoms with van der Waals surface area (Å²) < 4.78 is 32.4. The van der Waals surface area contributed by atoms with Gasteiger partial charge in [0.2, 0.25) is 6.79 Å². The highest BCUT2D eigenvalue weighted by molar-refractivity contribution is 5.89. The summed E-state index contributed by atoms with van der Waals surface area (Å²) in [4.78, 5) is 4.90. The van der Waals surface area contributed by atoms with Crippen molar-refractivity contribution in [2.45, 2.75) is 6.42 Å². The normalized spacial score (nSPS) is 13.5. The number of pyridine rings is 1. The van der Waals surface area contributed by atoms with E-state index >= 15 is 0 Å². The minimum atomic E-state index is 0.129. The Labute approximate surface area is 161 Å². The highest BCUT2D eigenvalue weighted by Gasteiger charge is 2.25. The second-order valence-electron chi connectivity index (χ2n) is 6.63. The zero-order valence-corrected chi connectivity index (χ0v) is 15.6. The van der Waals surface area contributed by atoms with E-state index in [1.54, 1.807) is 14.2 Å². The van der Waals surface area contributed by atoms with Crippen molar-refractivity contribution in [3.63, 3.8) is 0 Å². The lowest BCUT2D eigenvalue weighted by molar-refractivity contribution is 0.0322. The molecule has 0 fully saturated rings. The van der Waals surface area contributed by atoms with E-state index < -0.39 is 0 Å². The zero-order valence-electron chi connectivity index (χ0n) is 15.6. The largest absolute Gasteiger partial charge is 0.464 e. The molecule has 2 aliphatic rings. The van der Waals surface area contributed by atoms with Crippen LogP contribution in [-0.4, -0.2) is 39.6 Å². The van der Waals surface area contributed by atoms with Gasteiger partial charge in [0.1, 0.15) is 0 Å². The van der Waals surface area contributed by atoms with Crippen LogP contribution in [0.1, 0.15) is 11.1 Å². The van der Waals surface area contributed by atoms with Crippen LogP contribution in [0.4, 0.5) is 0 Å². The highest BCUT2D eigenvalue weighted by atomic mass is 16.7. The van der Waals surface area contributed by atoms with Gasteiger partial charge in [0.25, 0.3) is 0 Å². The van der Waals surface area contributed by atoms with E-state index in [1.807, 2.05) is 24.3 Å². The van der Waals surface area contributed by atoms with E-state index in [0.717, 1.165) is 51.2 Å². The van der Waals surface area contributed by atoms with Crippen molar-refractivity contribution in [1.29, 1.82) is 0 Å². The molecule has 0 saturated heterocycles. The van der Waals surface area contributed by atoms with Gasteiger partial charge >= 0.3 is 0 Å². The van der Waals surface area contributed by atoms with Gasteiger partial charge in [-0.2, -0.15) is 0 Å². The number of hydrogen-bond donors (Lipinski definition) is 0. The van der Waals surface area contributed by atoms with Crippen molar-refractivity contribution >= 4 is 10.9 Å². The summed E-state index contributed by atoms with van der Waals surface area (Å²) in [5, 5.41) is 1.03. The van der Waals surface area contributed by atoms with Crippen molar-refractivity contribution in [2.75, 3.05) is 34.6 Å². The Balaban J connectivity index is 1.60. The van der Waals surface area contributed by atoms with E-state index in [0.29, 0.717) is 11.5 Å². The number of nitrogens with zero attached hydrogens (tertiary/aromatic N) is 1. The van der Waals surface area contributed by atoms with E-state index in [9.17, 15) is 0 Å². The van der Waals surface area contributed by atoms with Crippen LogP contribution in [-0.2, 0) is 15.9 Å². The monoisotopic (exact) mass is 381 g/mol. The third-order valence-corrected chi connectivity index (χ3v) is 4.86. The van der Waals surface area contributed by atoms with Gasteiger partial charge in [-0.1, -0.05) is 0 Å². The maximum Gasteiger partial charge on any atom is 0.231 e. The lowest BCUT2D eigenvalue weighted by Gasteiger charge is -2.14. The summed E-state index contributed by atoms with van der Waals surface area (Å²) in [6, 6.07) is 10.0. The van der Waals surface area contributed by atoms with Crippen molar-refractivity contribution in [1.82, 2.24) is 4.98 Å². The van der Waals surface area contributed by atoms with Gasteiger partial charge < -0.3 is 28.4 Å². The maximum absolute atomic E-state index is 5.70. The van der Waals surface area contributed by atoms with Crippen LogP contribution in [0, 0.1) is 0 Å². The number of rotatable bonds is 6. The van der Waals surface area contributed by atoms with E-state index in [1.165, 1.54) is 0 Å². The number of hydrogen-bond acceptors (Lipinski definition) is 7. The predicted molar refractivity (Wildman–Crippen MR) is 101 cm³/mol. The Kier molecular flexibility index (Phi) is 4.18. The molecule has 7 heteroatoms. The fourth-order valence-electron chi connectivity index (χ4n) is 3.62. The standard InChI is InChI=1S/C21H19NO6/c1-23-9-25-17-5-12-3-14-4-13-6-18-20(28-11-27-18)8-16(13)22-21(14)15(12)7-19(17)26-10-24-2/h4-8H,3,9-11H2,1-2H3. The number of aromatic nitrogens is 1. The smallest absolute Gasteiger partial charge is 0.231 e. The SMILES string of the molecule is COCOc1cc2c(cc1OCOC)-c1nc3cc4c(cc3cc1C2)OCO4. The molecule has 3 aromatic rings. The molecule has 0 N–H and O–H groups in total. The highest BCUT2D eigenvalue weighted by Crippen LogP contribution is 2.44. The Hall–Kier alpha value is -3.03. The molecule has 0 spiro atoms. The molecule has 0 saturated carbocycles. The van der Waals surface area contributed by atoms with Gasteiger partial charge in [0.05, 0.1) is 11.2 Å². The lowest BCUT2D eigenvalue weighted by atomic mass is 10.1. The molecule has 0 bridgehead atoms. The van der Waals surface area contributed by atoms with E-state index in [2.05, 4.69) is 6.07 Å². The molecule has 1 aliphatic carbocycles. The minimum absolute atomic E-state index is 0.129. The first kappa shape index (κ1) is 17.1. The first-order valence-electron chi connectivity index (χ1n) is 8.91. The quantitative estimate of drug-likeness (QED) is 0.474. The van der Waals surface area contributed by atoms with Gasteiger partial charge in [0.15, 0.2) is 36.6 Å². The van der Waals surface area contributed by atoms with Crippen molar-refractivity contribution < 1.29 is 28.4 Å². The third-order valence-electron chi connectivity index (χ3n) is 4.86. The van der Waals surface area contributed by atoms with Gasteiger partial charge in [-0.25, -0.2) is 4.98 Å². The molecule has 28 heavy (non-hydrogen) atoms. The van der Waals surface area contributed by atoms with Crippen molar-refractivity contribution in [2.24, 2.45) is 0 Å². The predicted octanol–water partition coefficient (Wildman–Crippen LogP) is 3.50. The Morgan fingerprint density at radius 2 is 1.57 bits per heavy atom. The second kappa shape index (κ2) is 6.85. The van der Waals surface area contributed by atoms with Crippen LogP contribution in [0.25, 0.3) is 22.2 Å². The van der Waals surface area contributed by atoms with Crippen LogP contribution in [0.2, 0.25) is 0 Å². The molecule has 0 amide bonds. The Morgan fingerprint density at radius 3 is 2.32 bits per heavy atom. The van der Waals surface area contributed by atoms with Gasteiger partial charge in [0, 0.05) is 37.7 Å². The number of ether oxygens (including phenoxy) is 6. The van der Waals surface area contributed by atoms with Crippen LogP contribution < -0.4 is 18.9 Å². The Bertz CT molecular complexity index is 1060. The summed E-state index contributed by atoms with van der Waals surface area (Å²) in [6.07, 6.45) is 0.774. The van der Waals surface area contributed by atoms with Crippen LogP contribution in [0.15, 0.2) is 30.3 Å². The van der Waals surface area contributed by atoms with E-state index in [-0.39, 0.29) is 20.4 Å². The molecule has 144 valence electrons. The Morgan fingerprint density at radius 1 is 0.857 bits per heavy atom. The average Bonchev–Trinajstić information content (AvgIpc) is 3.29. The number of fused-ring (bicyclic) bond motifs is 5. The number of methoxy groups -OCH3 is 2. The molecule has 0 radical (unpaired) electrons. The zero-order chi connectivity index (χ0) is 19.1. The minimum Gasteiger partial charge on any atom is -0.464 e. The van der Waals surface area contributed by atoms with Gasteiger partial charge in [-0.15, -0.1) is 0 Å². The molecule has 0 unspecified atom stereocenters. The molecule has 5 rings (SSSR count). The third kappa shape index (κ3) is 2.80.